The Bertz CT molecular complexity index is 985. The van der Waals surface area contributed by atoms with Crippen molar-refractivity contribution in [1.29, 1.82) is 0 Å². The van der Waals surface area contributed by atoms with Crippen LogP contribution in [-0.4, -0.2) is 35.2 Å². The minimum atomic E-state index is -0.944. The second-order valence-corrected chi connectivity index (χ2v) is 8.02. The summed E-state index contributed by atoms with van der Waals surface area (Å²) in [5.41, 5.74) is 4.10. The highest BCUT2D eigenvalue weighted by Crippen LogP contribution is 2.47. The van der Waals surface area contributed by atoms with Crippen LogP contribution in [0.3, 0.4) is 0 Å². The number of carboxylic acids is 1. The quantitative estimate of drug-likeness (QED) is 0.626. The van der Waals surface area contributed by atoms with Gasteiger partial charge in [0.15, 0.2) is 0 Å². The molecule has 1 amide bonds. The van der Waals surface area contributed by atoms with Crippen molar-refractivity contribution in [2.24, 2.45) is 0 Å². The summed E-state index contributed by atoms with van der Waals surface area (Å²) in [6.45, 7) is 0. The number of nitrogens with zero attached hydrogens (tertiary/aromatic N) is 1. The average Bonchev–Trinajstić information content (AvgIpc) is 3.34. The van der Waals surface area contributed by atoms with Gasteiger partial charge in [0.05, 0.1) is 25.6 Å². The van der Waals surface area contributed by atoms with E-state index in [-0.39, 0.29) is 12.5 Å². The molecule has 5 nitrogen and oxygen atoms in total. The van der Waals surface area contributed by atoms with Gasteiger partial charge in [0, 0.05) is 11.3 Å². The number of ether oxygens (including phenoxy) is 1. The molecule has 1 aromatic heterocycles. The van der Waals surface area contributed by atoms with Crippen LogP contribution in [0.15, 0.2) is 66.0 Å². The number of methoxy groups -OCH3 is 1. The Labute approximate surface area is 173 Å². The summed E-state index contributed by atoms with van der Waals surface area (Å²) in [4.78, 5) is 27.3. The first-order valence-corrected chi connectivity index (χ1v) is 10.3. The van der Waals surface area contributed by atoms with Gasteiger partial charge in [0.25, 0.3) is 0 Å². The van der Waals surface area contributed by atoms with Gasteiger partial charge in [-0.25, -0.2) is 4.79 Å². The Morgan fingerprint density at radius 3 is 2.17 bits per heavy atom. The van der Waals surface area contributed by atoms with Crippen LogP contribution in [0.5, 0.6) is 0 Å². The highest BCUT2D eigenvalue weighted by Gasteiger charge is 2.40. The van der Waals surface area contributed by atoms with Crippen LogP contribution in [0, 0.1) is 0 Å². The van der Waals surface area contributed by atoms with Crippen LogP contribution in [0.25, 0.3) is 11.1 Å². The molecule has 1 N–H and O–H groups in total. The van der Waals surface area contributed by atoms with Crippen LogP contribution in [0.2, 0.25) is 0 Å². The van der Waals surface area contributed by atoms with Crippen LogP contribution in [-0.2, 0) is 16.0 Å². The standard InChI is InChI=1S/C23H21NO4S/c1-28-23(27)24(15(14-21(25)26)13-16-7-6-12-29-16)22-19-10-4-2-8-17(19)18-9-3-5-11-20(18)22/h2-12,15,22H,13-14H2,1H3,(H,25,26). The molecule has 1 aliphatic rings. The zero-order valence-electron chi connectivity index (χ0n) is 15.9. The summed E-state index contributed by atoms with van der Waals surface area (Å²) >= 11 is 1.56. The van der Waals surface area contributed by atoms with Crippen LogP contribution < -0.4 is 0 Å². The van der Waals surface area contributed by atoms with Crippen molar-refractivity contribution in [2.75, 3.05) is 7.11 Å². The van der Waals surface area contributed by atoms with Crippen LogP contribution in [0.4, 0.5) is 4.79 Å². The predicted molar refractivity (Wildman–Crippen MR) is 112 cm³/mol. The minimum Gasteiger partial charge on any atom is -0.481 e. The molecule has 1 atom stereocenters. The smallest absolute Gasteiger partial charge is 0.410 e. The van der Waals surface area contributed by atoms with E-state index in [0.29, 0.717) is 6.42 Å². The minimum absolute atomic E-state index is 0.159. The first kappa shape index (κ1) is 19.2. The zero-order valence-corrected chi connectivity index (χ0v) is 16.8. The highest BCUT2D eigenvalue weighted by molar-refractivity contribution is 7.09. The Balaban J connectivity index is 1.84. The molecule has 3 aromatic rings. The van der Waals surface area contributed by atoms with E-state index in [0.717, 1.165) is 27.1 Å². The lowest BCUT2D eigenvalue weighted by molar-refractivity contribution is -0.138. The molecule has 0 spiro atoms. The lowest BCUT2D eigenvalue weighted by Gasteiger charge is -2.35. The zero-order chi connectivity index (χ0) is 20.4. The lowest BCUT2D eigenvalue weighted by Crippen LogP contribution is -2.45. The molecule has 4 rings (SSSR count). The van der Waals surface area contributed by atoms with Gasteiger partial charge in [-0.3, -0.25) is 9.69 Å². The molecule has 0 saturated heterocycles. The topological polar surface area (TPSA) is 66.8 Å². The highest BCUT2D eigenvalue weighted by atomic mass is 32.1. The first-order valence-electron chi connectivity index (χ1n) is 9.39. The number of rotatable bonds is 6. The maximum Gasteiger partial charge on any atom is 0.410 e. The number of fused-ring (bicyclic) bond motifs is 3. The van der Waals surface area contributed by atoms with E-state index in [4.69, 9.17) is 4.74 Å². The molecule has 0 saturated carbocycles. The van der Waals surface area contributed by atoms with Gasteiger partial charge in [-0.05, 0) is 33.7 Å². The molecule has 1 unspecified atom stereocenters. The number of thiophene rings is 1. The Morgan fingerprint density at radius 1 is 1.03 bits per heavy atom. The maximum absolute atomic E-state index is 13.0. The number of carbonyl (C=O) groups is 2. The van der Waals surface area contributed by atoms with Crippen molar-refractivity contribution >= 4 is 23.4 Å². The second-order valence-electron chi connectivity index (χ2n) is 6.99. The Morgan fingerprint density at radius 2 is 1.66 bits per heavy atom. The fourth-order valence-electron chi connectivity index (χ4n) is 4.13. The van der Waals surface area contributed by atoms with Gasteiger partial charge < -0.3 is 9.84 Å². The number of benzene rings is 2. The van der Waals surface area contributed by atoms with Gasteiger partial charge in [-0.1, -0.05) is 54.6 Å². The number of hydrogen-bond donors (Lipinski definition) is 1. The fourth-order valence-corrected chi connectivity index (χ4v) is 4.91. The summed E-state index contributed by atoms with van der Waals surface area (Å²) in [5, 5.41) is 11.5. The van der Waals surface area contributed by atoms with Crippen molar-refractivity contribution in [1.82, 2.24) is 4.90 Å². The number of carbonyl (C=O) groups excluding carboxylic acids is 1. The van der Waals surface area contributed by atoms with E-state index in [1.54, 1.807) is 16.2 Å². The van der Waals surface area contributed by atoms with Gasteiger partial charge in [-0.2, -0.15) is 0 Å². The summed E-state index contributed by atoms with van der Waals surface area (Å²) < 4.78 is 5.13. The van der Waals surface area contributed by atoms with Crippen molar-refractivity contribution in [3.8, 4) is 11.1 Å². The van der Waals surface area contributed by atoms with E-state index in [1.807, 2.05) is 66.0 Å². The van der Waals surface area contributed by atoms with Crippen molar-refractivity contribution in [2.45, 2.75) is 24.9 Å². The van der Waals surface area contributed by atoms with E-state index in [2.05, 4.69) is 0 Å². The fraction of sp³-hybridized carbons (Fsp3) is 0.217. The molecule has 0 bridgehead atoms. The monoisotopic (exact) mass is 407 g/mol. The van der Waals surface area contributed by atoms with Gasteiger partial charge >= 0.3 is 12.1 Å². The normalized spacial score (nSPS) is 13.4. The van der Waals surface area contributed by atoms with Crippen LogP contribution in [0.1, 0.15) is 28.5 Å². The molecule has 6 heteroatoms. The summed E-state index contributed by atoms with van der Waals surface area (Å²) in [6.07, 6.45) is -0.224. The number of hydrogen-bond acceptors (Lipinski definition) is 4. The van der Waals surface area contributed by atoms with Gasteiger partial charge in [0.2, 0.25) is 0 Å². The molecule has 0 aliphatic heterocycles. The van der Waals surface area contributed by atoms with Gasteiger partial charge in [0.1, 0.15) is 0 Å². The van der Waals surface area contributed by atoms with E-state index < -0.39 is 18.1 Å². The van der Waals surface area contributed by atoms with E-state index in [1.165, 1.54) is 7.11 Å². The Hall–Kier alpha value is -3.12. The molecule has 0 fully saturated rings. The summed E-state index contributed by atoms with van der Waals surface area (Å²) in [7, 11) is 1.34. The Kier molecular flexibility index (Phi) is 5.36. The molecular weight excluding hydrogens is 386 g/mol. The van der Waals surface area contributed by atoms with Crippen molar-refractivity contribution in [3.63, 3.8) is 0 Å². The summed E-state index contributed by atoms with van der Waals surface area (Å²) in [5.74, 6) is -0.944. The van der Waals surface area contributed by atoms with E-state index >= 15 is 0 Å². The average molecular weight is 407 g/mol. The van der Waals surface area contributed by atoms with Gasteiger partial charge in [-0.15, -0.1) is 11.3 Å². The predicted octanol–water partition coefficient (Wildman–Crippen LogP) is 4.97. The number of amides is 1. The molecule has 2 aromatic carbocycles. The molecule has 29 heavy (non-hydrogen) atoms. The third-order valence-corrected chi connectivity index (χ3v) is 6.18. The molecule has 1 heterocycles. The molecular formula is C23H21NO4S. The summed E-state index contributed by atoms with van der Waals surface area (Å²) in [6, 6.07) is 18.9. The second kappa shape index (κ2) is 8.09. The van der Waals surface area contributed by atoms with Crippen LogP contribution >= 0.6 is 11.3 Å². The van der Waals surface area contributed by atoms with Crippen molar-refractivity contribution in [3.05, 3.63) is 82.0 Å². The van der Waals surface area contributed by atoms with E-state index in [9.17, 15) is 14.7 Å². The number of aliphatic carboxylic acids is 1. The first-order chi connectivity index (χ1) is 14.1. The van der Waals surface area contributed by atoms with Crippen molar-refractivity contribution < 1.29 is 19.4 Å². The SMILES string of the molecule is COC(=O)N(C(CC(=O)O)Cc1cccs1)C1c2ccccc2-c2ccccc21. The number of carboxylic acid groups (broad SMARTS) is 1. The lowest BCUT2D eigenvalue weighted by atomic mass is 9.98. The molecule has 0 radical (unpaired) electrons. The largest absolute Gasteiger partial charge is 0.481 e. The third-order valence-electron chi connectivity index (χ3n) is 5.29. The maximum atomic E-state index is 13.0. The third kappa shape index (κ3) is 3.63. The molecule has 148 valence electrons. The molecule has 1 aliphatic carbocycles.